The number of rotatable bonds is 9. The van der Waals surface area contributed by atoms with Crippen LogP contribution in [0.5, 0.6) is 0 Å². The summed E-state index contributed by atoms with van der Waals surface area (Å²) in [7, 11) is 0. The lowest BCUT2D eigenvalue weighted by Crippen LogP contribution is -2.43. The second-order valence-corrected chi connectivity index (χ2v) is 8.46. The van der Waals surface area contributed by atoms with E-state index in [1.807, 2.05) is 29.2 Å². The van der Waals surface area contributed by atoms with Gasteiger partial charge in [-0.3, -0.25) is 4.79 Å². The molecule has 1 aliphatic rings. The predicted molar refractivity (Wildman–Crippen MR) is 114 cm³/mol. The van der Waals surface area contributed by atoms with Crippen LogP contribution in [-0.4, -0.2) is 47.4 Å². The third-order valence-corrected chi connectivity index (χ3v) is 6.10. The first-order valence-electron chi connectivity index (χ1n) is 10.4. The highest BCUT2D eigenvalue weighted by molar-refractivity contribution is 6.31. The molecule has 0 spiro atoms. The van der Waals surface area contributed by atoms with Gasteiger partial charge in [0.05, 0.1) is 0 Å². The molecule has 1 aromatic carbocycles. The molecule has 5 heteroatoms. The molecule has 2 atom stereocenters. The van der Waals surface area contributed by atoms with Crippen LogP contribution < -0.4 is 5.73 Å². The lowest BCUT2D eigenvalue weighted by Gasteiger charge is -2.37. The van der Waals surface area contributed by atoms with Gasteiger partial charge in [0.1, 0.15) is 0 Å². The van der Waals surface area contributed by atoms with Gasteiger partial charge < -0.3 is 15.5 Å². The number of nitrogens with two attached hydrogens (primary N) is 1. The number of amides is 1. The van der Waals surface area contributed by atoms with Crippen molar-refractivity contribution in [2.24, 2.45) is 5.73 Å². The molecule has 4 nitrogen and oxygen atoms in total. The molecule has 1 aromatic rings. The van der Waals surface area contributed by atoms with Gasteiger partial charge in [-0.15, -0.1) is 0 Å². The van der Waals surface area contributed by atoms with Crippen LogP contribution in [0.25, 0.3) is 0 Å². The molecule has 1 heterocycles. The van der Waals surface area contributed by atoms with Gasteiger partial charge in [-0.2, -0.15) is 0 Å². The summed E-state index contributed by atoms with van der Waals surface area (Å²) >= 11 is 6.32. The summed E-state index contributed by atoms with van der Waals surface area (Å²) < 4.78 is 0. The number of carbonyl (C=O) groups is 1. The number of hydrogen-bond acceptors (Lipinski definition) is 3. The molecule has 2 unspecified atom stereocenters. The highest BCUT2D eigenvalue weighted by atomic mass is 35.5. The van der Waals surface area contributed by atoms with Gasteiger partial charge in [0.15, 0.2) is 0 Å². The maximum Gasteiger partial charge on any atom is 0.219 e. The molecule has 152 valence electrons. The van der Waals surface area contributed by atoms with Crippen LogP contribution in [0.2, 0.25) is 5.02 Å². The highest BCUT2D eigenvalue weighted by Crippen LogP contribution is 2.27. The molecule has 1 saturated heterocycles. The average Bonchev–Trinajstić information content (AvgIpc) is 2.64. The van der Waals surface area contributed by atoms with Crippen molar-refractivity contribution in [2.75, 3.05) is 19.6 Å². The first-order chi connectivity index (χ1) is 12.9. The van der Waals surface area contributed by atoms with E-state index in [0.717, 1.165) is 49.5 Å². The number of halogens is 1. The molecule has 0 aliphatic carbocycles. The summed E-state index contributed by atoms with van der Waals surface area (Å²) in [6.45, 7) is 8.98. The molecule has 0 saturated carbocycles. The quantitative estimate of drug-likeness (QED) is 0.665. The van der Waals surface area contributed by atoms with Crippen LogP contribution in [-0.2, 0) is 4.79 Å². The molecular formula is C22H36ClN3O. The van der Waals surface area contributed by atoms with E-state index in [0.29, 0.717) is 6.04 Å². The Kier molecular flexibility index (Phi) is 9.07. The molecule has 1 amide bonds. The SMILES string of the molecule is CC(=O)N(CCC(CCC(N)c1ccccc1Cl)N1CCCCC1)C(C)C. The van der Waals surface area contributed by atoms with Gasteiger partial charge >= 0.3 is 0 Å². The van der Waals surface area contributed by atoms with Gasteiger partial charge in [0.2, 0.25) is 5.91 Å². The second kappa shape index (κ2) is 11.0. The molecular weight excluding hydrogens is 358 g/mol. The second-order valence-electron chi connectivity index (χ2n) is 8.05. The van der Waals surface area contributed by atoms with Crippen LogP contribution in [0.4, 0.5) is 0 Å². The molecule has 2 rings (SSSR count). The minimum absolute atomic E-state index is 0.0417. The van der Waals surface area contributed by atoms with Crippen molar-refractivity contribution < 1.29 is 4.79 Å². The first-order valence-corrected chi connectivity index (χ1v) is 10.8. The number of benzene rings is 1. The molecule has 0 radical (unpaired) electrons. The summed E-state index contributed by atoms with van der Waals surface area (Å²) in [4.78, 5) is 16.5. The van der Waals surface area contributed by atoms with Crippen molar-refractivity contribution in [2.45, 2.75) is 77.4 Å². The monoisotopic (exact) mass is 393 g/mol. The van der Waals surface area contributed by atoms with E-state index in [1.165, 1.54) is 19.3 Å². The highest BCUT2D eigenvalue weighted by Gasteiger charge is 2.24. The Morgan fingerprint density at radius 3 is 2.41 bits per heavy atom. The number of carbonyl (C=O) groups excluding carboxylic acids is 1. The summed E-state index contributed by atoms with van der Waals surface area (Å²) in [6.07, 6.45) is 6.82. The Morgan fingerprint density at radius 1 is 1.15 bits per heavy atom. The van der Waals surface area contributed by atoms with E-state index < -0.39 is 0 Å². The van der Waals surface area contributed by atoms with Gasteiger partial charge in [0, 0.05) is 36.6 Å². The minimum Gasteiger partial charge on any atom is -0.340 e. The minimum atomic E-state index is -0.0417. The molecule has 1 aliphatic heterocycles. The summed E-state index contributed by atoms with van der Waals surface area (Å²) in [5.74, 6) is 0.162. The third-order valence-electron chi connectivity index (χ3n) is 5.75. The van der Waals surface area contributed by atoms with Crippen LogP contribution in [0.3, 0.4) is 0 Å². The standard InChI is InChI=1S/C22H36ClN3O/c1-17(2)26(18(3)27)16-13-19(25-14-7-4-8-15-25)11-12-22(24)20-9-5-6-10-21(20)23/h5-6,9-10,17,19,22H,4,7-8,11-16,24H2,1-3H3. The third kappa shape index (κ3) is 6.78. The van der Waals surface area contributed by atoms with Crippen LogP contribution in [0, 0.1) is 0 Å². The number of likely N-dealkylation sites (tertiary alicyclic amines) is 1. The smallest absolute Gasteiger partial charge is 0.219 e. The van der Waals surface area contributed by atoms with Crippen LogP contribution in [0.15, 0.2) is 24.3 Å². The van der Waals surface area contributed by atoms with Crippen molar-refractivity contribution >= 4 is 17.5 Å². The van der Waals surface area contributed by atoms with Gasteiger partial charge in [-0.1, -0.05) is 36.2 Å². The first kappa shape index (κ1) is 22.2. The van der Waals surface area contributed by atoms with Gasteiger partial charge in [0.25, 0.3) is 0 Å². The Bertz CT molecular complexity index is 587. The average molecular weight is 394 g/mol. The Morgan fingerprint density at radius 2 is 1.81 bits per heavy atom. The normalized spacial score (nSPS) is 17.7. The molecule has 27 heavy (non-hydrogen) atoms. The summed E-state index contributed by atoms with van der Waals surface area (Å²) in [5, 5.41) is 0.752. The van der Waals surface area contributed by atoms with Gasteiger partial charge in [-0.05, 0) is 70.7 Å². The Hall–Kier alpha value is -1.10. The van der Waals surface area contributed by atoms with Crippen LogP contribution in [0.1, 0.15) is 70.9 Å². The van der Waals surface area contributed by atoms with E-state index in [1.54, 1.807) is 6.92 Å². The van der Waals surface area contributed by atoms with Crippen molar-refractivity contribution in [3.63, 3.8) is 0 Å². The van der Waals surface area contributed by atoms with E-state index >= 15 is 0 Å². The number of nitrogens with zero attached hydrogens (tertiary/aromatic N) is 2. The lowest BCUT2D eigenvalue weighted by molar-refractivity contribution is -0.130. The van der Waals surface area contributed by atoms with E-state index in [4.69, 9.17) is 17.3 Å². The maximum atomic E-state index is 11.9. The molecule has 2 N–H and O–H groups in total. The molecule has 1 fully saturated rings. The maximum absolute atomic E-state index is 11.9. The van der Waals surface area contributed by atoms with Gasteiger partial charge in [-0.25, -0.2) is 0 Å². The van der Waals surface area contributed by atoms with E-state index in [2.05, 4.69) is 18.7 Å². The fraction of sp³-hybridized carbons (Fsp3) is 0.682. The largest absolute Gasteiger partial charge is 0.340 e. The van der Waals surface area contributed by atoms with Crippen molar-refractivity contribution in [3.8, 4) is 0 Å². The topological polar surface area (TPSA) is 49.6 Å². The lowest BCUT2D eigenvalue weighted by atomic mass is 9.96. The van der Waals surface area contributed by atoms with Crippen molar-refractivity contribution in [1.29, 1.82) is 0 Å². The number of piperidine rings is 1. The van der Waals surface area contributed by atoms with E-state index in [9.17, 15) is 4.79 Å². The number of hydrogen-bond donors (Lipinski definition) is 1. The summed E-state index contributed by atoms with van der Waals surface area (Å²) in [6, 6.07) is 8.55. The fourth-order valence-electron chi connectivity index (χ4n) is 4.16. The molecule has 0 bridgehead atoms. The van der Waals surface area contributed by atoms with E-state index in [-0.39, 0.29) is 18.0 Å². The predicted octanol–water partition coefficient (Wildman–Crippen LogP) is 4.62. The van der Waals surface area contributed by atoms with Crippen LogP contribution >= 0.6 is 11.6 Å². The van der Waals surface area contributed by atoms with Crippen molar-refractivity contribution in [3.05, 3.63) is 34.9 Å². The summed E-state index contributed by atoms with van der Waals surface area (Å²) in [5.41, 5.74) is 7.49. The molecule has 0 aromatic heterocycles. The fourth-order valence-corrected chi connectivity index (χ4v) is 4.44. The zero-order valence-electron chi connectivity index (χ0n) is 17.2. The zero-order chi connectivity index (χ0) is 19.8. The zero-order valence-corrected chi connectivity index (χ0v) is 17.9. The van der Waals surface area contributed by atoms with Crippen molar-refractivity contribution in [1.82, 2.24) is 9.80 Å². The Labute approximate surface area is 170 Å². The Balaban J connectivity index is 1.99.